The predicted octanol–water partition coefficient (Wildman–Crippen LogP) is 3.81. The lowest BCUT2D eigenvalue weighted by atomic mass is 10.00. The van der Waals surface area contributed by atoms with Crippen molar-refractivity contribution in [2.45, 2.75) is 84.2 Å². The van der Waals surface area contributed by atoms with E-state index >= 15 is 0 Å². The minimum Gasteiger partial charge on any atom is -0.311 e. The fourth-order valence-corrected chi connectivity index (χ4v) is 3.05. The third-order valence-electron chi connectivity index (χ3n) is 4.16. The van der Waals surface area contributed by atoms with E-state index in [4.69, 9.17) is 0 Å². The van der Waals surface area contributed by atoms with Crippen LogP contribution in [0, 0.1) is 0 Å². The quantitative estimate of drug-likeness (QED) is 0.673. The highest BCUT2D eigenvalue weighted by molar-refractivity contribution is 4.80. The summed E-state index contributed by atoms with van der Waals surface area (Å²) in [7, 11) is 0. The van der Waals surface area contributed by atoms with E-state index in [1.165, 1.54) is 71.0 Å². The van der Waals surface area contributed by atoms with Crippen LogP contribution in [0.2, 0.25) is 0 Å². The van der Waals surface area contributed by atoms with E-state index in [0.29, 0.717) is 0 Å². The molecule has 0 saturated carbocycles. The van der Waals surface area contributed by atoms with E-state index < -0.39 is 0 Å². The lowest BCUT2D eigenvalue weighted by Crippen LogP contribution is -2.46. The molecular weight excluding hydrogens is 220 g/mol. The van der Waals surface area contributed by atoms with Gasteiger partial charge in [-0.15, -0.1) is 0 Å². The van der Waals surface area contributed by atoms with Crippen molar-refractivity contribution >= 4 is 0 Å². The van der Waals surface area contributed by atoms with Gasteiger partial charge in [0.1, 0.15) is 0 Å². The van der Waals surface area contributed by atoms with E-state index in [2.05, 4.69) is 31.0 Å². The number of nitrogens with zero attached hydrogens (tertiary/aromatic N) is 1. The molecule has 0 spiro atoms. The van der Waals surface area contributed by atoms with E-state index in [-0.39, 0.29) is 0 Å². The Kier molecular flexibility index (Phi) is 8.70. The average molecular weight is 254 g/mol. The summed E-state index contributed by atoms with van der Waals surface area (Å²) in [5.41, 5.74) is 0. The second-order valence-electron chi connectivity index (χ2n) is 5.91. The van der Waals surface area contributed by atoms with Crippen LogP contribution in [0.1, 0.15) is 72.1 Å². The summed E-state index contributed by atoms with van der Waals surface area (Å²) in [4.78, 5) is 2.65. The van der Waals surface area contributed by atoms with Crippen molar-refractivity contribution < 1.29 is 0 Å². The van der Waals surface area contributed by atoms with E-state index in [1.54, 1.807) is 0 Å². The van der Waals surface area contributed by atoms with Crippen LogP contribution in [0.25, 0.3) is 0 Å². The molecule has 1 aliphatic heterocycles. The summed E-state index contributed by atoms with van der Waals surface area (Å²) in [6.07, 6.45) is 10.7. The van der Waals surface area contributed by atoms with Gasteiger partial charge in [0, 0.05) is 12.1 Å². The van der Waals surface area contributed by atoms with Crippen LogP contribution >= 0.6 is 0 Å². The molecule has 0 aromatic carbocycles. The lowest BCUT2D eigenvalue weighted by Gasteiger charge is -2.34. The monoisotopic (exact) mass is 254 g/mol. The standard InChI is InChI=1S/C16H34N2/c1-4-7-12-18-13-10-16(11-14-18)17-15(8-5-2)9-6-3/h15-17H,4-14H2,1-3H3. The van der Waals surface area contributed by atoms with Gasteiger partial charge in [-0.1, -0.05) is 40.0 Å². The van der Waals surface area contributed by atoms with Crippen LogP contribution in [0.4, 0.5) is 0 Å². The Morgan fingerprint density at radius 1 is 1.00 bits per heavy atom. The molecule has 1 aliphatic rings. The molecule has 0 amide bonds. The van der Waals surface area contributed by atoms with Crippen molar-refractivity contribution in [3.8, 4) is 0 Å². The van der Waals surface area contributed by atoms with Gasteiger partial charge in [0.15, 0.2) is 0 Å². The first-order valence-electron chi connectivity index (χ1n) is 8.28. The summed E-state index contributed by atoms with van der Waals surface area (Å²) in [6.45, 7) is 10.8. The first kappa shape index (κ1) is 16.0. The Morgan fingerprint density at radius 2 is 1.61 bits per heavy atom. The highest BCUT2D eigenvalue weighted by Gasteiger charge is 2.20. The molecule has 1 saturated heterocycles. The van der Waals surface area contributed by atoms with Crippen LogP contribution in [-0.4, -0.2) is 36.6 Å². The number of hydrogen-bond donors (Lipinski definition) is 1. The molecule has 0 aliphatic carbocycles. The van der Waals surface area contributed by atoms with Crippen LogP contribution in [0.5, 0.6) is 0 Å². The van der Waals surface area contributed by atoms with Crippen LogP contribution in [-0.2, 0) is 0 Å². The molecule has 2 heteroatoms. The fraction of sp³-hybridized carbons (Fsp3) is 1.00. The summed E-state index contributed by atoms with van der Waals surface area (Å²) >= 11 is 0. The molecule has 1 fully saturated rings. The predicted molar refractivity (Wildman–Crippen MR) is 81.1 cm³/mol. The number of piperidine rings is 1. The first-order chi connectivity index (χ1) is 8.80. The Bertz CT molecular complexity index is 180. The third-order valence-corrected chi connectivity index (χ3v) is 4.16. The number of unbranched alkanes of at least 4 members (excludes halogenated alkanes) is 1. The average Bonchev–Trinajstić information content (AvgIpc) is 2.38. The number of nitrogens with one attached hydrogen (secondary N) is 1. The second-order valence-corrected chi connectivity index (χ2v) is 5.91. The number of likely N-dealkylation sites (tertiary alicyclic amines) is 1. The van der Waals surface area contributed by atoms with Crippen molar-refractivity contribution in [1.82, 2.24) is 10.2 Å². The van der Waals surface area contributed by atoms with Gasteiger partial charge >= 0.3 is 0 Å². The summed E-state index contributed by atoms with van der Waals surface area (Å²) in [5, 5.41) is 3.91. The molecule has 0 radical (unpaired) electrons. The molecular formula is C16H34N2. The Hall–Kier alpha value is -0.0800. The van der Waals surface area contributed by atoms with Gasteiger partial charge in [0.2, 0.25) is 0 Å². The molecule has 1 N–H and O–H groups in total. The normalized spacial score (nSPS) is 18.7. The molecule has 1 rings (SSSR count). The SMILES string of the molecule is CCCCN1CCC(NC(CCC)CCC)CC1. The Balaban J connectivity index is 2.20. The Labute approximate surface area is 115 Å². The van der Waals surface area contributed by atoms with E-state index in [0.717, 1.165) is 12.1 Å². The van der Waals surface area contributed by atoms with Crippen LogP contribution < -0.4 is 5.32 Å². The first-order valence-corrected chi connectivity index (χ1v) is 8.28. The van der Waals surface area contributed by atoms with Crippen molar-refractivity contribution in [2.75, 3.05) is 19.6 Å². The summed E-state index contributed by atoms with van der Waals surface area (Å²) in [6, 6.07) is 1.55. The third kappa shape index (κ3) is 6.19. The maximum atomic E-state index is 3.91. The van der Waals surface area contributed by atoms with Crippen LogP contribution in [0.3, 0.4) is 0 Å². The maximum absolute atomic E-state index is 3.91. The molecule has 0 aromatic rings. The van der Waals surface area contributed by atoms with Crippen molar-refractivity contribution in [2.24, 2.45) is 0 Å². The molecule has 108 valence electrons. The molecule has 0 unspecified atom stereocenters. The molecule has 0 aromatic heterocycles. The fourth-order valence-electron chi connectivity index (χ4n) is 3.05. The minimum atomic E-state index is 0.771. The zero-order valence-corrected chi connectivity index (χ0v) is 12.9. The van der Waals surface area contributed by atoms with Gasteiger partial charge in [-0.25, -0.2) is 0 Å². The van der Waals surface area contributed by atoms with Crippen molar-refractivity contribution in [3.63, 3.8) is 0 Å². The lowest BCUT2D eigenvalue weighted by molar-refractivity contribution is 0.185. The van der Waals surface area contributed by atoms with E-state index in [9.17, 15) is 0 Å². The molecule has 18 heavy (non-hydrogen) atoms. The summed E-state index contributed by atoms with van der Waals surface area (Å²) < 4.78 is 0. The smallest absolute Gasteiger partial charge is 0.00940 e. The number of rotatable bonds is 9. The Morgan fingerprint density at radius 3 is 2.11 bits per heavy atom. The number of hydrogen-bond acceptors (Lipinski definition) is 2. The van der Waals surface area contributed by atoms with E-state index in [1.807, 2.05) is 0 Å². The topological polar surface area (TPSA) is 15.3 Å². The van der Waals surface area contributed by atoms with Gasteiger partial charge in [-0.05, 0) is 51.7 Å². The summed E-state index contributed by atoms with van der Waals surface area (Å²) in [5.74, 6) is 0. The van der Waals surface area contributed by atoms with Gasteiger partial charge < -0.3 is 10.2 Å². The maximum Gasteiger partial charge on any atom is 0.00940 e. The van der Waals surface area contributed by atoms with Crippen molar-refractivity contribution in [3.05, 3.63) is 0 Å². The van der Waals surface area contributed by atoms with Crippen LogP contribution in [0.15, 0.2) is 0 Å². The molecule has 0 bridgehead atoms. The molecule has 0 atom stereocenters. The van der Waals surface area contributed by atoms with Crippen molar-refractivity contribution in [1.29, 1.82) is 0 Å². The zero-order chi connectivity index (χ0) is 13.2. The molecule has 1 heterocycles. The highest BCUT2D eigenvalue weighted by Crippen LogP contribution is 2.14. The van der Waals surface area contributed by atoms with Gasteiger partial charge in [0.25, 0.3) is 0 Å². The molecule has 2 nitrogen and oxygen atoms in total. The van der Waals surface area contributed by atoms with Gasteiger partial charge in [0.05, 0.1) is 0 Å². The highest BCUT2D eigenvalue weighted by atomic mass is 15.1. The van der Waals surface area contributed by atoms with Gasteiger partial charge in [-0.3, -0.25) is 0 Å². The second kappa shape index (κ2) is 9.80. The zero-order valence-electron chi connectivity index (χ0n) is 12.9. The minimum absolute atomic E-state index is 0.771. The largest absolute Gasteiger partial charge is 0.311 e. The van der Waals surface area contributed by atoms with Gasteiger partial charge in [-0.2, -0.15) is 0 Å².